The van der Waals surface area contributed by atoms with Crippen molar-refractivity contribution >= 4 is 22.6 Å². The number of hydrogen-bond acceptors (Lipinski definition) is 4. The number of piperidine rings is 1. The van der Waals surface area contributed by atoms with Crippen LogP contribution in [-0.2, 0) is 14.3 Å². The van der Waals surface area contributed by atoms with Crippen molar-refractivity contribution in [2.24, 2.45) is 5.92 Å². The molecule has 0 spiro atoms. The Morgan fingerprint density at radius 3 is 2.44 bits per heavy atom. The fraction of sp³-hybridized carbons (Fsp3) is 0.400. The summed E-state index contributed by atoms with van der Waals surface area (Å²) in [5.41, 5.74) is 0. The van der Waals surface area contributed by atoms with Crippen molar-refractivity contribution in [2.45, 2.75) is 25.9 Å². The van der Waals surface area contributed by atoms with Gasteiger partial charge < -0.3 is 14.4 Å². The molecule has 1 aliphatic heterocycles. The molecule has 1 fully saturated rings. The minimum atomic E-state index is -0.559. The summed E-state index contributed by atoms with van der Waals surface area (Å²) >= 11 is 0. The normalized spacial score (nSPS) is 16.5. The number of benzene rings is 2. The number of carbonyl (C=O) groups excluding carboxylic acids is 2. The summed E-state index contributed by atoms with van der Waals surface area (Å²) in [7, 11) is 1.40. The van der Waals surface area contributed by atoms with E-state index in [4.69, 9.17) is 9.47 Å². The molecule has 25 heavy (non-hydrogen) atoms. The van der Waals surface area contributed by atoms with E-state index in [-0.39, 0.29) is 17.8 Å². The largest absolute Gasteiger partial charge is 0.481 e. The standard InChI is InChI=1S/C20H23NO4/c1-14(19(22)21-11-9-16(10-12-21)20(23)24-2)25-18-8-7-15-5-3-4-6-17(15)13-18/h3-8,13-14,16H,9-12H2,1-2H3. The molecule has 0 bridgehead atoms. The van der Waals surface area contributed by atoms with E-state index in [1.54, 1.807) is 11.8 Å². The summed E-state index contributed by atoms with van der Waals surface area (Å²) in [4.78, 5) is 25.9. The van der Waals surface area contributed by atoms with Crippen LogP contribution in [0, 0.1) is 5.92 Å². The minimum absolute atomic E-state index is 0.0449. The second-order valence-electron chi connectivity index (χ2n) is 6.39. The second-order valence-corrected chi connectivity index (χ2v) is 6.39. The van der Waals surface area contributed by atoms with Gasteiger partial charge in [-0.25, -0.2) is 0 Å². The third kappa shape index (κ3) is 3.92. The summed E-state index contributed by atoms with van der Waals surface area (Å²) in [5.74, 6) is 0.346. The first kappa shape index (κ1) is 17.3. The van der Waals surface area contributed by atoms with Gasteiger partial charge >= 0.3 is 5.97 Å². The molecule has 0 N–H and O–H groups in total. The van der Waals surface area contributed by atoms with E-state index in [2.05, 4.69) is 0 Å². The molecule has 1 heterocycles. The lowest BCUT2D eigenvalue weighted by Gasteiger charge is -2.32. The topological polar surface area (TPSA) is 55.8 Å². The molecule has 3 rings (SSSR count). The van der Waals surface area contributed by atoms with Crippen molar-refractivity contribution in [1.82, 2.24) is 4.90 Å². The quantitative estimate of drug-likeness (QED) is 0.802. The number of ether oxygens (including phenoxy) is 2. The SMILES string of the molecule is COC(=O)C1CCN(C(=O)C(C)Oc2ccc3ccccc3c2)CC1. The molecule has 5 nitrogen and oxygen atoms in total. The lowest BCUT2D eigenvalue weighted by atomic mass is 9.97. The summed E-state index contributed by atoms with van der Waals surface area (Å²) < 4.78 is 10.6. The molecule has 0 aromatic heterocycles. The monoisotopic (exact) mass is 341 g/mol. The zero-order valence-corrected chi connectivity index (χ0v) is 14.6. The van der Waals surface area contributed by atoms with Crippen LogP contribution in [0.4, 0.5) is 0 Å². The summed E-state index contributed by atoms with van der Waals surface area (Å²) in [5, 5.41) is 2.22. The minimum Gasteiger partial charge on any atom is -0.481 e. The van der Waals surface area contributed by atoms with Gasteiger partial charge in [-0.15, -0.1) is 0 Å². The predicted octanol–water partition coefficient (Wildman–Crippen LogP) is 3.02. The van der Waals surface area contributed by atoms with E-state index in [9.17, 15) is 9.59 Å². The molecule has 132 valence electrons. The second kappa shape index (κ2) is 7.55. The van der Waals surface area contributed by atoms with Crippen molar-refractivity contribution in [3.63, 3.8) is 0 Å². The van der Waals surface area contributed by atoms with Crippen LogP contribution < -0.4 is 4.74 Å². The Morgan fingerprint density at radius 2 is 1.76 bits per heavy atom. The van der Waals surface area contributed by atoms with Gasteiger partial charge in [0.25, 0.3) is 5.91 Å². The molecule has 0 aliphatic carbocycles. The van der Waals surface area contributed by atoms with Gasteiger partial charge in [0, 0.05) is 13.1 Å². The predicted molar refractivity (Wildman–Crippen MR) is 95.4 cm³/mol. The number of nitrogens with zero attached hydrogens (tertiary/aromatic N) is 1. The van der Waals surface area contributed by atoms with Crippen molar-refractivity contribution in [3.8, 4) is 5.75 Å². The van der Waals surface area contributed by atoms with E-state index in [0.29, 0.717) is 31.7 Å². The number of fused-ring (bicyclic) bond motifs is 1. The molecule has 5 heteroatoms. The Morgan fingerprint density at radius 1 is 1.08 bits per heavy atom. The maximum absolute atomic E-state index is 12.6. The Balaban J connectivity index is 1.59. The smallest absolute Gasteiger partial charge is 0.308 e. The number of hydrogen-bond donors (Lipinski definition) is 0. The number of rotatable bonds is 4. The highest BCUT2D eigenvalue weighted by Crippen LogP contribution is 2.23. The number of likely N-dealkylation sites (tertiary alicyclic amines) is 1. The highest BCUT2D eigenvalue weighted by atomic mass is 16.5. The van der Waals surface area contributed by atoms with Crippen LogP contribution in [-0.4, -0.2) is 43.1 Å². The van der Waals surface area contributed by atoms with Gasteiger partial charge in [-0.3, -0.25) is 9.59 Å². The lowest BCUT2D eigenvalue weighted by Crippen LogP contribution is -2.45. The van der Waals surface area contributed by atoms with Crippen LogP contribution in [0.15, 0.2) is 42.5 Å². The van der Waals surface area contributed by atoms with Crippen molar-refractivity contribution in [2.75, 3.05) is 20.2 Å². The van der Waals surface area contributed by atoms with Gasteiger partial charge in [0.1, 0.15) is 5.75 Å². The van der Waals surface area contributed by atoms with Gasteiger partial charge in [-0.05, 0) is 42.7 Å². The summed E-state index contributed by atoms with van der Waals surface area (Å²) in [6.45, 7) is 2.89. The molecule has 2 aromatic carbocycles. The number of esters is 1. The zero-order valence-electron chi connectivity index (χ0n) is 14.6. The molecule has 1 unspecified atom stereocenters. The van der Waals surface area contributed by atoms with Gasteiger partial charge in [0.05, 0.1) is 13.0 Å². The highest BCUT2D eigenvalue weighted by molar-refractivity contribution is 5.84. The fourth-order valence-electron chi connectivity index (χ4n) is 3.25. The first-order valence-corrected chi connectivity index (χ1v) is 8.60. The van der Waals surface area contributed by atoms with Gasteiger partial charge in [0.15, 0.2) is 6.10 Å². The number of amides is 1. The van der Waals surface area contributed by atoms with E-state index in [1.807, 2.05) is 42.5 Å². The maximum atomic E-state index is 12.6. The Kier molecular flexibility index (Phi) is 5.22. The van der Waals surface area contributed by atoms with E-state index < -0.39 is 6.10 Å². The van der Waals surface area contributed by atoms with Crippen LogP contribution >= 0.6 is 0 Å². The van der Waals surface area contributed by atoms with Gasteiger partial charge in [-0.1, -0.05) is 30.3 Å². The number of methoxy groups -OCH3 is 1. The third-order valence-electron chi connectivity index (χ3n) is 4.72. The Labute approximate surface area is 147 Å². The lowest BCUT2D eigenvalue weighted by molar-refractivity contribution is -0.150. The Hall–Kier alpha value is -2.56. The van der Waals surface area contributed by atoms with Crippen molar-refractivity contribution in [3.05, 3.63) is 42.5 Å². The molecule has 1 atom stereocenters. The third-order valence-corrected chi connectivity index (χ3v) is 4.72. The van der Waals surface area contributed by atoms with Crippen molar-refractivity contribution in [1.29, 1.82) is 0 Å². The first-order chi connectivity index (χ1) is 12.1. The van der Waals surface area contributed by atoms with Gasteiger partial charge in [-0.2, -0.15) is 0 Å². The summed E-state index contributed by atoms with van der Waals surface area (Å²) in [6.07, 6.45) is 0.721. The van der Waals surface area contributed by atoms with E-state index in [1.165, 1.54) is 7.11 Å². The maximum Gasteiger partial charge on any atom is 0.308 e. The molecule has 0 radical (unpaired) electrons. The highest BCUT2D eigenvalue weighted by Gasteiger charge is 2.30. The first-order valence-electron chi connectivity index (χ1n) is 8.60. The van der Waals surface area contributed by atoms with E-state index >= 15 is 0 Å². The van der Waals surface area contributed by atoms with Crippen LogP contribution in [0.2, 0.25) is 0 Å². The summed E-state index contributed by atoms with van der Waals surface area (Å²) in [6, 6.07) is 13.9. The van der Waals surface area contributed by atoms with Gasteiger partial charge in [0.2, 0.25) is 0 Å². The van der Waals surface area contributed by atoms with Crippen LogP contribution in [0.1, 0.15) is 19.8 Å². The fourth-order valence-corrected chi connectivity index (χ4v) is 3.25. The molecular weight excluding hydrogens is 318 g/mol. The molecule has 0 saturated carbocycles. The van der Waals surface area contributed by atoms with Crippen LogP contribution in [0.25, 0.3) is 10.8 Å². The molecular formula is C20H23NO4. The number of carbonyl (C=O) groups is 2. The van der Waals surface area contributed by atoms with Crippen molar-refractivity contribution < 1.29 is 19.1 Å². The molecule has 1 amide bonds. The van der Waals surface area contributed by atoms with Crippen LogP contribution in [0.5, 0.6) is 5.75 Å². The van der Waals surface area contributed by atoms with E-state index in [0.717, 1.165) is 10.8 Å². The molecule has 1 saturated heterocycles. The zero-order chi connectivity index (χ0) is 17.8. The van der Waals surface area contributed by atoms with Crippen LogP contribution in [0.3, 0.4) is 0 Å². The molecule has 1 aliphatic rings. The molecule has 2 aromatic rings. The average Bonchev–Trinajstić information content (AvgIpc) is 2.66. The Bertz CT molecular complexity index is 765. The average molecular weight is 341 g/mol.